The molecule has 1 N–H and O–H groups in total. The molecule has 0 amide bonds. The third kappa shape index (κ3) is 2.44. The molecule has 0 unspecified atom stereocenters. The van der Waals surface area contributed by atoms with Gasteiger partial charge in [-0.25, -0.2) is 14.4 Å². The van der Waals surface area contributed by atoms with Crippen LogP contribution in [0, 0.1) is 12.7 Å². The number of anilines is 1. The average molecular weight is 285 g/mol. The third-order valence-electron chi connectivity index (χ3n) is 3.48. The Morgan fingerprint density at radius 2 is 2.10 bits per heavy atom. The van der Waals surface area contributed by atoms with Crippen LogP contribution in [-0.2, 0) is 7.05 Å². The molecule has 2 heterocycles. The van der Waals surface area contributed by atoms with Gasteiger partial charge in [0.25, 0.3) is 0 Å². The van der Waals surface area contributed by atoms with E-state index in [9.17, 15) is 4.39 Å². The zero-order chi connectivity index (χ0) is 15.0. The molecule has 0 aliphatic rings. The molecule has 0 radical (unpaired) electrons. The van der Waals surface area contributed by atoms with E-state index in [1.807, 2.05) is 27.1 Å². The number of hydrogen-bond donors (Lipinski definition) is 1. The SMILES string of the molecule is Cc1nn(C)cc1[C@@H](C)Nc1ncnc2cccc(F)c12. The second-order valence-electron chi connectivity index (χ2n) is 5.07. The van der Waals surface area contributed by atoms with E-state index in [0.717, 1.165) is 11.3 Å². The Kier molecular flexibility index (Phi) is 3.29. The summed E-state index contributed by atoms with van der Waals surface area (Å²) in [5.74, 6) is 0.166. The molecule has 0 aliphatic heterocycles. The summed E-state index contributed by atoms with van der Waals surface area (Å²) in [5.41, 5.74) is 2.58. The van der Waals surface area contributed by atoms with Crippen LogP contribution in [0.2, 0.25) is 0 Å². The van der Waals surface area contributed by atoms with Crippen molar-refractivity contribution in [1.82, 2.24) is 19.7 Å². The Hall–Kier alpha value is -2.50. The number of nitrogens with zero attached hydrogens (tertiary/aromatic N) is 4. The molecule has 2 aromatic heterocycles. The number of nitrogens with one attached hydrogen (secondary N) is 1. The van der Waals surface area contributed by atoms with E-state index in [1.54, 1.807) is 16.8 Å². The first-order valence-corrected chi connectivity index (χ1v) is 6.72. The lowest BCUT2D eigenvalue weighted by Crippen LogP contribution is -2.09. The van der Waals surface area contributed by atoms with Gasteiger partial charge in [-0.3, -0.25) is 4.68 Å². The predicted octanol–water partition coefficient (Wildman–Crippen LogP) is 2.98. The first kappa shape index (κ1) is 13.5. The van der Waals surface area contributed by atoms with Crippen LogP contribution in [0.25, 0.3) is 10.9 Å². The Morgan fingerprint density at radius 3 is 2.81 bits per heavy atom. The van der Waals surface area contributed by atoms with Crippen LogP contribution in [-0.4, -0.2) is 19.7 Å². The first-order chi connectivity index (χ1) is 10.1. The fourth-order valence-corrected chi connectivity index (χ4v) is 2.50. The molecule has 1 aromatic carbocycles. The highest BCUT2D eigenvalue weighted by molar-refractivity contribution is 5.89. The Morgan fingerprint density at radius 1 is 1.29 bits per heavy atom. The third-order valence-corrected chi connectivity index (χ3v) is 3.48. The van der Waals surface area contributed by atoms with Crippen LogP contribution in [0.3, 0.4) is 0 Å². The maximum atomic E-state index is 14.0. The minimum Gasteiger partial charge on any atom is -0.363 e. The van der Waals surface area contributed by atoms with Crippen molar-refractivity contribution in [2.75, 3.05) is 5.32 Å². The van der Waals surface area contributed by atoms with E-state index >= 15 is 0 Å². The smallest absolute Gasteiger partial charge is 0.140 e. The maximum absolute atomic E-state index is 14.0. The van der Waals surface area contributed by atoms with Gasteiger partial charge >= 0.3 is 0 Å². The molecule has 21 heavy (non-hydrogen) atoms. The molecule has 0 bridgehead atoms. The van der Waals surface area contributed by atoms with Gasteiger partial charge in [-0.05, 0) is 26.0 Å². The Labute approximate surface area is 121 Å². The maximum Gasteiger partial charge on any atom is 0.140 e. The van der Waals surface area contributed by atoms with Crippen molar-refractivity contribution < 1.29 is 4.39 Å². The van der Waals surface area contributed by atoms with Gasteiger partial charge in [0.05, 0.1) is 22.6 Å². The van der Waals surface area contributed by atoms with Crippen LogP contribution in [0.4, 0.5) is 10.2 Å². The van der Waals surface area contributed by atoms with E-state index in [0.29, 0.717) is 16.7 Å². The van der Waals surface area contributed by atoms with Crippen LogP contribution < -0.4 is 5.32 Å². The number of rotatable bonds is 3. The topological polar surface area (TPSA) is 55.6 Å². The van der Waals surface area contributed by atoms with Crippen molar-refractivity contribution in [3.05, 3.63) is 47.8 Å². The second kappa shape index (κ2) is 5.12. The molecule has 0 saturated heterocycles. The van der Waals surface area contributed by atoms with Gasteiger partial charge in [0.2, 0.25) is 0 Å². The first-order valence-electron chi connectivity index (χ1n) is 6.72. The van der Waals surface area contributed by atoms with Gasteiger partial charge < -0.3 is 5.32 Å². The molecule has 3 rings (SSSR count). The normalized spacial score (nSPS) is 12.6. The van der Waals surface area contributed by atoms with Crippen LogP contribution in [0.15, 0.2) is 30.7 Å². The van der Waals surface area contributed by atoms with E-state index in [1.165, 1.54) is 12.4 Å². The number of halogens is 1. The largest absolute Gasteiger partial charge is 0.363 e. The van der Waals surface area contributed by atoms with Gasteiger partial charge in [-0.2, -0.15) is 5.10 Å². The molecule has 6 heteroatoms. The molecule has 108 valence electrons. The van der Waals surface area contributed by atoms with Crippen LogP contribution in [0.1, 0.15) is 24.2 Å². The number of fused-ring (bicyclic) bond motifs is 1. The summed E-state index contributed by atoms with van der Waals surface area (Å²) >= 11 is 0. The predicted molar refractivity (Wildman–Crippen MR) is 79.5 cm³/mol. The fourth-order valence-electron chi connectivity index (χ4n) is 2.50. The lowest BCUT2D eigenvalue weighted by molar-refractivity contribution is 0.639. The lowest BCUT2D eigenvalue weighted by Gasteiger charge is -2.15. The van der Waals surface area contributed by atoms with Gasteiger partial charge in [0, 0.05) is 18.8 Å². The molecule has 0 spiro atoms. The number of aryl methyl sites for hydroxylation is 2. The van der Waals surface area contributed by atoms with Crippen molar-refractivity contribution >= 4 is 16.7 Å². The summed E-state index contributed by atoms with van der Waals surface area (Å²) in [7, 11) is 1.88. The summed E-state index contributed by atoms with van der Waals surface area (Å²) in [6.07, 6.45) is 3.39. The average Bonchev–Trinajstić information content (AvgIpc) is 2.78. The molecular formula is C15H16FN5. The highest BCUT2D eigenvalue weighted by Gasteiger charge is 2.15. The lowest BCUT2D eigenvalue weighted by atomic mass is 10.1. The summed E-state index contributed by atoms with van der Waals surface area (Å²) in [4.78, 5) is 8.28. The zero-order valence-electron chi connectivity index (χ0n) is 12.1. The van der Waals surface area contributed by atoms with Gasteiger partial charge in [-0.1, -0.05) is 6.07 Å². The Bertz CT molecular complexity index is 791. The van der Waals surface area contributed by atoms with E-state index in [2.05, 4.69) is 20.4 Å². The molecule has 3 aromatic rings. The Balaban J connectivity index is 2.00. The minimum atomic E-state index is -0.328. The standard InChI is InChI=1S/C15H16FN5/c1-9(11-7-21(3)20-10(11)2)19-15-14-12(16)5-4-6-13(14)17-8-18-15/h4-9H,1-3H3,(H,17,18,19)/t9-/m1/s1. The fraction of sp³-hybridized carbons (Fsp3) is 0.267. The molecule has 0 saturated carbocycles. The summed E-state index contributed by atoms with van der Waals surface area (Å²) in [6.45, 7) is 3.95. The summed E-state index contributed by atoms with van der Waals surface area (Å²) in [5, 5.41) is 7.99. The molecule has 0 aliphatic carbocycles. The van der Waals surface area contributed by atoms with E-state index < -0.39 is 0 Å². The molecular weight excluding hydrogens is 269 g/mol. The number of hydrogen-bond acceptors (Lipinski definition) is 4. The van der Waals surface area contributed by atoms with E-state index in [-0.39, 0.29) is 11.9 Å². The molecule has 1 atom stereocenters. The summed E-state index contributed by atoms with van der Waals surface area (Å²) < 4.78 is 15.8. The van der Waals surface area contributed by atoms with Crippen molar-refractivity contribution in [2.24, 2.45) is 7.05 Å². The molecule has 0 fully saturated rings. The highest BCUT2D eigenvalue weighted by Crippen LogP contribution is 2.26. The van der Waals surface area contributed by atoms with Crippen LogP contribution in [0.5, 0.6) is 0 Å². The monoisotopic (exact) mass is 285 g/mol. The van der Waals surface area contributed by atoms with Gasteiger partial charge in [-0.15, -0.1) is 0 Å². The second-order valence-corrected chi connectivity index (χ2v) is 5.07. The van der Waals surface area contributed by atoms with Crippen molar-refractivity contribution in [2.45, 2.75) is 19.9 Å². The van der Waals surface area contributed by atoms with Crippen LogP contribution >= 0.6 is 0 Å². The quantitative estimate of drug-likeness (QED) is 0.803. The number of aromatic nitrogens is 4. The highest BCUT2D eigenvalue weighted by atomic mass is 19.1. The minimum absolute atomic E-state index is 0.0311. The molecule has 5 nitrogen and oxygen atoms in total. The van der Waals surface area contributed by atoms with Crippen molar-refractivity contribution in [1.29, 1.82) is 0 Å². The van der Waals surface area contributed by atoms with Crippen molar-refractivity contribution in [3.8, 4) is 0 Å². The van der Waals surface area contributed by atoms with Crippen molar-refractivity contribution in [3.63, 3.8) is 0 Å². The zero-order valence-corrected chi connectivity index (χ0v) is 12.1. The van der Waals surface area contributed by atoms with Gasteiger partial charge in [0.15, 0.2) is 0 Å². The van der Waals surface area contributed by atoms with Gasteiger partial charge in [0.1, 0.15) is 18.0 Å². The summed E-state index contributed by atoms with van der Waals surface area (Å²) in [6, 6.07) is 4.79. The number of benzene rings is 1. The van der Waals surface area contributed by atoms with E-state index in [4.69, 9.17) is 0 Å².